The third-order valence-electron chi connectivity index (χ3n) is 9.46. The molecular formula is C32H38N2O8. The summed E-state index contributed by atoms with van der Waals surface area (Å²) in [4.78, 5) is 33.1. The van der Waals surface area contributed by atoms with Gasteiger partial charge in [-0.05, 0) is 54.9 Å². The number of carbonyl (C=O) groups excluding carboxylic acids is 2. The number of nitrogens with one attached hydrogen (secondary N) is 1. The maximum absolute atomic E-state index is 13.5. The summed E-state index contributed by atoms with van der Waals surface area (Å²) in [5.41, 5.74) is 4.01. The van der Waals surface area contributed by atoms with Crippen LogP contribution < -0.4 is 14.2 Å². The molecule has 1 N–H and O–H groups in total. The van der Waals surface area contributed by atoms with Gasteiger partial charge in [-0.1, -0.05) is 18.2 Å². The van der Waals surface area contributed by atoms with Gasteiger partial charge in [-0.15, -0.1) is 0 Å². The van der Waals surface area contributed by atoms with E-state index < -0.39 is 24.1 Å². The van der Waals surface area contributed by atoms with E-state index in [4.69, 9.17) is 28.4 Å². The van der Waals surface area contributed by atoms with E-state index in [1.165, 1.54) is 45.1 Å². The number of fused-ring (bicyclic) bond motifs is 6. The number of esters is 2. The van der Waals surface area contributed by atoms with Gasteiger partial charge in [0.15, 0.2) is 11.5 Å². The molecule has 1 aliphatic carbocycles. The van der Waals surface area contributed by atoms with Crippen LogP contribution in [0.1, 0.15) is 40.5 Å². The van der Waals surface area contributed by atoms with Crippen LogP contribution in [0.3, 0.4) is 0 Å². The van der Waals surface area contributed by atoms with Crippen molar-refractivity contribution < 1.29 is 38.0 Å². The molecule has 0 spiro atoms. The van der Waals surface area contributed by atoms with Gasteiger partial charge >= 0.3 is 11.9 Å². The third kappa shape index (κ3) is 4.66. The third-order valence-corrected chi connectivity index (χ3v) is 9.46. The zero-order chi connectivity index (χ0) is 29.5. The van der Waals surface area contributed by atoms with Crippen molar-refractivity contribution in [3.63, 3.8) is 0 Å². The number of H-pyrrole nitrogens is 1. The fourth-order valence-corrected chi connectivity index (χ4v) is 7.60. The number of hydrogen-bond donors (Lipinski definition) is 1. The molecule has 0 bridgehead atoms. The molecule has 0 unspecified atom stereocenters. The van der Waals surface area contributed by atoms with Crippen molar-refractivity contribution in [3.05, 3.63) is 53.2 Å². The number of carbonyl (C=O) groups is 2. The lowest BCUT2D eigenvalue weighted by molar-refractivity contribution is -0.176. The van der Waals surface area contributed by atoms with E-state index in [2.05, 4.69) is 34.1 Å². The molecule has 3 aliphatic rings. The minimum Gasteiger partial charge on any atom is -0.493 e. The van der Waals surface area contributed by atoms with Crippen LogP contribution in [0.4, 0.5) is 0 Å². The van der Waals surface area contributed by atoms with Crippen LogP contribution in [0, 0.1) is 17.8 Å². The van der Waals surface area contributed by atoms with E-state index in [1.807, 2.05) is 0 Å². The molecule has 2 aromatic carbocycles. The predicted molar refractivity (Wildman–Crippen MR) is 154 cm³/mol. The van der Waals surface area contributed by atoms with E-state index in [9.17, 15) is 9.59 Å². The molecular weight excluding hydrogens is 540 g/mol. The maximum atomic E-state index is 13.5. The molecule has 2 aliphatic heterocycles. The van der Waals surface area contributed by atoms with Gasteiger partial charge in [-0.3, -0.25) is 9.69 Å². The van der Waals surface area contributed by atoms with Crippen LogP contribution in [0.15, 0.2) is 36.4 Å². The van der Waals surface area contributed by atoms with Gasteiger partial charge < -0.3 is 33.4 Å². The highest BCUT2D eigenvalue weighted by atomic mass is 16.6. The van der Waals surface area contributed by atoms with E-state index in [-0.39, 0.29) is 29.4 Å². The molecule has 10 nitrogen and oxygen atoms in total. The standard InChI is InChI=1S/C32H38N2O8/c1-37-24-12-17(13-25(38-2)29(24)39-3)31(35)42-26-14-18-16-34-11-10-20-19-8-6-7-9-22(19)33-28(20)23(34)15-21(18)27(30(26)40-4)32(36)41-5/h6-9,12-13,18,21,23,26-27,30,33H,10-11,14-16H2,1-5H3/t18-,21+,23-,26-,27+,30-/m1/s1. The number of methoxy groups -OCH3 is 5. The van der Waals surface area contributed by atoms with Crippen LogP contribution in [0.25, 0.3) is 10.9 Å². The molecule has 1 saturated carbocycles. The summed E-state index contributed by atoms with van der Waals surface area (Å²) in [6.45, 7) is 1.74. The summed E-state index contributed by atoms with van der Waals surface area (Å²) in [6.07, 6.45) is 1.04. The second-order valence-corrected chi connectivity index (χ2v) is 11.3. The number of aromatic amines is 1. The smallest absolute Gasteiger partial charge is 0.338 e. The van der Waals surface area contributed by atoms with E-state index in [1.54, 1.807) is 19.2 Å². The number of rotatable bonds is 7. The van der Waals surface area contributed by atoms with Crippen molar-refractivity contribution in [1.82, 2.24) is 9.88 Å². The van der Waals surface area contributed by atoms with Crippen molar-refractivity contribution >= 4 is 22.8 Å². The molecule has 1 aromatic heterocycles. The van der Waals surface area contributed by atoms with Gasteiger partial charge in [0.1, 0.15) is 12.2 Å². The molecule has 0 radical (unpaired) electrons. The first-order chi connectivity index (χ1) is 20.4. The van der Waals surface area contributed by atoms with Crippen molar-refractivity contribution in [2.75, 3.05) is 48.6 Å². The molecule has 6 atom stereocenters. The van der Waals surface area contributed by atoms with Crippen LogP contribution in [-0.4, -0.2) is 82.7 Å². The lowest BCUT2D eigenvalue weighted by Gasteiger charge is -2.52. The average molecular weight is 579 g/mol. The first-order valence-electron chi connectivity index (χ1n) is 14.4. The fraction of sp³-hybridized carbons (Fsp3) is 0.500. The topological polar surface area (TPSA) is 109 Å². The number of hydrogen-bond acceptors (Lipinski definition) is 9. The summed E-state index contributed by atoms with van der Waals surface area (Å²) in [5, 5.41) is 1.27. The second kappa shape index (κ2) is 11.5. The highest BCUT2D eigenvalue weighted by Crippen LogP contribution is 2.50. The highest BCUT2D eigenvalue weighted by molar-refractivity contribution is 5.91. The quantitative estimate of drug-likeness (QED) is 0.414. The van der Waals surface area contributed by atoms with Crippen molar-refractivity contribution in [2.45, 2.75) is 37.5 Å². The number of benzene rings is 2. The zero-order valence-corrected chi connectivity index (χ0v) is 24.7. The minimum atomic E-state index is -0.651. The number of ether oxygens (including phenoxy) is 6. The molecule has 42 heavy (non-hydrogen) atoms. The monoisotopic (exact) mass is 578 g/mol. The molecule has 10 heteroatoms. The maximum Gasteiger partial charge on any atom is 0.338 e. The van der Waals surface area contributed by atoms with Gasteiger partial charge in [0, 0.05) is 36.8 Å². The Labute approximate surface area is 245 Å². The Hall–Kier alpha value is -3.76. The zero-order valence-electron chi connectivity index (χ0n) is 24.7. The Balaban J connectivity index is 1.29. The Morgan fingerprint density at radius 3 is 2.36 bits per heavy atom. The SMILES string of the molecule is COC(=O)[C@H]1[C@H]2C[C@@H]3c4[nH]c5ccccc5c4CCN3C[C@H]2C[C@@H](OC(=O)c2cc(OC)c(OC)c(OC)c2)[C@H]1OC. The summed E-state index contributed by atoms with van der Waals surface area (Å²) in [6, 6.07) is 11.7. The molecule has 6 rings (SSSR count). The molecule has 224 valence electrons. The molecule has 1 saturated heterocycles. The molecule has 3 heterocycles. The van der Waals surface area contributed by atoms with Gasteiger partial charge in [-0.2, -0.15) is 0 Å². The molecule has 2 fully saturated rings. The largest absolute Gasteiger partial charge is 0.493 e. The first kappa shape index (κ1) is 28.4. The number of nitrogens with zero attached hydrogens (tertiary/aromatic N) is 1. The van der Waals surface area contributed by atoms with Gasteiger partial charge in [0.05, 0.1) is 46.0 Å². The highest BCUT2D eigenvalue weighted by Gasteiger charge is 2.54. The van der Waals surface area contributed by atoms with Crippen LogP contribution >= 0.6 is 0 Å². The number of para-hydroxylation sites is 1. The lowest BCUT2D eigenvalue weighted by atomic mass is 9.63. The Bertz CT molecular complexity index is 1460. The van der Waals surface area contributed by atoms with Gasteiger partial charge in [0.25, 0.3) is 0 Å². The van der Waals surface area contributed by atoms with E-state index in [0.717, 1.165) is 31.4 Å². The normalized spacial score (nSPS) is 26.9. The molecule has 3 aromatic rings. The predicted octanol–water partition coefficient (Wildman–Crippen LogP) is 4.16. The van der Waals surface area contributed by atoms with Crippen LogP contribution in [-0.2, 0) is 25.4 Å². The van der Waals surface area contributed by atoms with E-state index in [0.29, 0.717) is 23.7 Å². The first-order valence-corrected chi connectivity index (χ1v) is 14.4. The lowest BCUT2D eigenvalue weighted by Crippen LogP contribution is -2.58. The number of piperidine rings is 1. The summed E-state index contributed by atoms with van der Waals surface area (Å²) in [5.74, 6) is -0.254. The van der Waals surface area contributed by atoms with Crippen LogP contribution in [0.2, 0.25) is 0 Å². The van der Waals surface area contributed by atoms with Crippen molar-refractivity contribution in [1.29, 1.82) is 0 Å². The summed E-state index contributed by atoms with van der Waals surface area (Å²) < 4.78 is 33.6. The van der Waals surface area contributed by atoms with Crippen molar-refractivity contribution in [3.8, 4) is 17.2 Å². The Morgan fingerprint density at radius 2 is 1.69 bits per heavy atom. The van der Waals surface area contributed by atoms with Crippen LogP contribution in [0.5, 0.6) is 17.2 Å². The fourth-order valence-electron chi connectivity index (χ4n) is 7.60. The second-order valence-electron chi connectivity index (χ2n) is 11.3. The summed E-state index contributed by atoms with van der Waals surface area (Å²) >= 11 is 0. The van der Waals surface area contributed by atoms with E-state index >= 15 is 0 Å². The summed E-state index contributed by atoms with van der Waals surface area (Å²) in [7, 11) is 7.45. The molecule has 0 amide bonds. The van der Waals surface area contributed by atoms with Gasteiger partial charge in [0.2, 0.25) is 5.75 Å². The minimum absolute atomic E-state index is 0.0112. The average Bonchev–Trinajstić information content (AvgIpc) is 3.41. The van der Waals surface area contributed by atoms with Gasteiger partial charge in [-0.25, -0.2) is 4.79 Å². The Morgan fingerprint density at radius 1 is 0.952 bits per heavy atom. The van der Waals surface area contributed by atoms with Crippen molar-refractivity contribution in [2.24, 2.45) is 17.8 Å². The number of aromatic nitrogens is 1. The Kier molecular flexibility index (Phi) is 7.76.